The molecule has 4 nitrogen and oxygen atoms in total. The highest BCUT2D eigenvalue weighted by Gasteiger charge is 2.04. The number of nitrogens with zero attached hydrogens (tertiary/aromatic N) is 1. The van der Waals surface area contributed by atoms with Gasteiger partial charge in [-0.15, -0.1) is 0 Å². The molecule has 0 spiro atoms. The molecule has 4 heteroatoms. The van der Waals surface area contributed by atoms with Crippen molar-refractivity contribution in [1.29, 1.82) is 0 Å². The Morgan fingerprint density at radius 3 is 3.00 bits per heavy atom. The van der Waals surface area contributed by atoms with Gasteiger partial charge in [0.2, 0.25) is 0 Å². The maximum atomic E-state index is 10.2. The fourth-order valence-electron chi connectivity index (χ4n) is 1.08. The fourth-order valence-corrected chi connectivity index (χ4v) is 1.08. The lowest BCUT2D eigenvalue weighted by molar-refractivity contribution is -0.131. The minimum Gasteiger partial charge on any atom is -0.478 e. The molecule has 0 aromatic carbocycles. The van der Waals surface area contributed by atoms with E-state index in [0.29, 0.717) is 6.61 Å². The van der Waals surface area contributed by atoms with Crippen LogP contribution in [0.5, 0.6) is 0 Å². The van der Waals surface area contributed by atoms with Crippen molar-refractivity contribution in [2.45, 2.75) is 6.42 Å². The molecule has 1 aliphatic rings. The summed E-state index contributed by atoms with van der Waals surface area (Å²) >= 11 is 0. The van der Waals surface area contributed by atoms with Gasteiger partial charge in [-0.25, -0.2) is 4.79 Å². The van der Waals surface area contributed by atoms with Gasteiger partial charge in [-0.3, -0.25) is 0 Å². The summed E-state index contributed by atoms with van der Waals surface area (Å²) in [5.41, 5.74) is 0. The molecule has 1 rings (SSSR count). The maximum absolute atomic E-state index is 10.2. The summed E-state index contributed by atoms with van der Waals surface area (Å²) in [4.78, 5) is 12.1. The molecule has 12 heavy (non-hydrogen) atoms. The van der Waals surface area contributed by atoms with Crippen molar-refractivity contribution in [1.82, 2.24) is 4.90 Å². The monoisotopic (exact) mass is 171 g/mol. The molecule has 0 atom stereocenters. The Labute approximate surface area is 71.4 Å². The van der Waals surface area contributed by atoms with Crippen molar-refractivity contribution < 1.29 is 14.6 Å². The molecule has 0 amide bonds. The molecule has 1 N–H and O–H groups in total. The van der Waals surface area contributed by atoms with E-state index in [0.717, 1.165) is 32.2 Å². The number of aliphatic carboxylic acids is 1. The van der Waals surface area contributed by atoms with E-state index in [1.54, 1.807) is 6.20 Å². The molecule has 1 aliphatic heterocycles. The Morgan fingerprint density at radius 2 is 2.25 bits per heavy atom. The van der Waals surface area contributed by atoms with E-state index in [-0.39, 0.29) is 0 Å². The molecule has 1 saturated heterocycles. The second-order valence-corrected chi connectivity index (χ2v) is 2.66. The van der Waals surface area contributed by atoms with E-state index in [1.807, 2.05) is 4.90 Å². The van der Waals surface area contributed by atoms with Gasteiger partial charge >= 0.3 is 5.97 Å². The Morgan fingerprint density at radius 1 is 1.42 bits per heavy atom. The third-order valence-corrected chi connectivity index (χ3v) is 1.68. The van der Waals surface area contributed by atoms with Gasteiger partial charge in [0, 0.05) is 32.0 Å². The molecule has 1 fully saturated rings. The van der Waals surface area contributed by atoms with Gasteiger partial charge in [0.1, 0.15) is 0 Å². The smallest absolute Gasteiger partial charge is 0.329 e. The number of carboxylic acid groups (broad SMARTS) is 1. The zero-order valence-electron chi connectivity index (χ0n) is 6.90. The minimum atomic E-state index is -0.903. The van der Waals surface area contributed by atoms with Gasteiger partial charge in [0.05, 0.1) is 6.61 Å². The Bertz CT molecular complexity index is 171. The van der Waals surface area contributed by atoms with E-state index in [9.17, 15) is 4.79 Å². The summed E-state index contributed by atoms with van der Waals surface area (Å²) < 4.78 is 5.21. The van der Waals surface area contributed by atoms with Gasteiger partial charge in [-0.1, -0.05) is 0 Å². The molecule has 0 radical (unpaired) electrons. The average molecular weight is 171 g/mol. The van der Waals surface area contributed by atoms with Crippen LogP contribution in [-0.4, -0.2) is 42.3 Å². The van der Waals surface area contributed by atoms with Crippen molar-refractivity contribution in [2.75, 3.05) is 26.3 Å². The highest BCUT2D eigenvalue weighted by atomic mass is 16.5. The zero-order valence-corrected chi connectivity index (χ0v) is 6.90. The molecule has 0 aromatic rings. The largest absolute Gasteiger partial charge is 0.478 e. The highest BCUT2D eigenvalue weighted by molar-refractivity contribution is 5.79. The molecular weight excluding hydrogens is 158 g/mol. The van der Waals surface area contributed by atoms with Gasteiger partial charge in [0.15, 0.2) is 0 Å². The molecule has 0 unspecified atom stereocenters. The molecule has 0 aliphatic carbocycles. The first-order chi connectivity index (χ1) is 5.79. The second kappa shape index (κ2) is 4.77. The van der Waals surface area contributed by atoms with Crippen LogP contribution in [0.3, 0.4) is 0 Å². The van der Waals surface area contributed by atoms with Gasteiger partial charge in [-0.2, -0.15) is 0 Å². The number of hydrogen-bond acceptors (Lipinski definition) is 3. The first-order valence-corrected chi connectivity index (χ1v) is 4.02. The average Bonchev–Trinajstić information content (AvgIpc) is 2.28. The number of ether oxygens (including phenoxy) is 1. The quantitative estimate of drug-likeness (QED) is 0.607. The zero-order chi connectivity index (χ0) is 8.81. The third-order valence-electron chi connectivity index (χ3n) is 1.68. The van der Waals surface area contributed by atoms with Crippen molar-refractivity contribution >= 4 is 5.97 Å². The number of carboxylic acids is 1. The summed E-state index contributed by atoms with van der Waals surface area (Å²) in [5, 5.41) is 8.37. The predicted octanol–water partition coefficient (Wildman–Crippen LogP) is 0.307. The Kier molecular flexibility index (Phi) is 3.60. The molecule has 0 aromatic heterocycles. The third kappa shape index (κ3) is 3.39. The summed E-state index contributed by atoms with van der Waals surface area (Å²) in [7, 11) is 0. The van der Waals surface area contributed by atoms with Gasteiger partial charge in [-0.05, 0) is 6.42 Å². The molecule has 1 heterocycles. The number of hydrogen-bond donors (Lipinski definition) is 1. The summed E-state index contributed by atoms with van der Waals surface area (Å²) in [6, 6.07) is 0. The van der Waals surface area contributed by atoms with Crippen molar-refractivity contribution in [3.8, 4) is 0 Å². The van der Waals surface area contributed by atoms with E-state index in [2.05, 4.69) is 0 Å². The van der Waals surface area contributed by atoms with Crippen molar-refractivity contribution in [2.24, 2.45) is 0 Å². The fraction of sp³-hybridized carbons (Fsp3) is 0.625. The molecule has 68 valence electrons. The van der Waals surface area contributed by atoms with Crippen LogP contribution in [0.15, 0.2) is 12.3 Å². The maximum Gasteiger partial charge on any atom is 0.329 e. The Hall–Kier alpha value is -1.03. The van der Waals surface area contributed by atoms with Crippen LogP contribution >= 0.6 is 0 Å². The van der Waals surface area contributed by atoms with Gasteiger partial charge in [0.25, 0.3) is 0 Å². The highest BCUT2D eigenvalue weighted by Crippen LogP contribution is 1.98. The van der Waals surface area contributed by atoms with Crippen LogP contribution in [0.1, 0.15) is 6.42 Å². The SMILES string of the molecule is O=C(O)/C=C/N1CCCOCC1. The first-order valence-electron chi connectivity index (χ1n) is 4.02. The van der Waals surface area contributed by atoms with Crippen LogP contribution in [0.2, 0.25) is 0 Å². The normalized spacial score (nSPS) is 19.5. The minimum absolute atomic E-state index is 0.684. The van der Waals surface area contributed by atoms with Gasteiger partial charge < -0.3 is 14.7 Å². The summed E-state index contributed by atoms with van der Waals surface area (Å²) in [6.07, 6.45) is 3.73. The number of carbonyl (C=O) groups is 1. The standard InChI is InChI=1S/C8H13NO3/c10-8(11)2-4-9-3-1-6-12-7-5-9/h2,4H,1,3,5-7H2,(H,10,11)/b4-2+. The number of rotatable bonds is 2. The van der Waals surface area contributed by atoms with E-state index >= 15 is 0 Å². The second-order valence-electron chi connectivity index (χ2n) is 2.66. The van der Waals surface area contributed by atoms with Crippen LogP contribution in [-0.2, 0) is 9.53 Å². The first kappa shape index (κ1) is 9.06. The molecular formula is C8H13NO3. The molecule has 0 bridgehead atoms. The summed E-state index contributed by atoms with van der Waals surface area (Å²) in [5.74, 6) is -0.903. The van der Waals surface area contributed by atoms with Crippen molar-refractivity contribution in [3.05, 3.63) is 12.3 Å². The van der Waals surface area contributed by atoms with Crippen LogP contribution in [0.4, 0.5) is 0 Å². The van der Waals surface area contributed by atoms with E-state index in [4.69, 9.17) is 9.84 Å². The Balaban J connectivity index is 2.34. The predicted molar refractivity (Wildman–Crippen MR) is 43.8 cm³/mol. The lowest BCUT2D eigenvalue weighted by Gasteiger charge is -2.15. The van der Waals surface area contributed by atoms with Crippen molar-refractivity contribution in [3.63, 3.8) is 0 Å². The summed E-state index contributed by atoms with van der Waals surface area (Å²) in [6.45, 7) is 3.12. The van der Waals surface area contributed by atoms with Crippen LogP contribution < -0.4 is 0 Å². The lowest BCUT2D eigenvalue weighted by Crippen LogP contribution is -2.20. The topological polar surface area (TPSA) is 49.8 Å². The van der Waals surface area contributed by atoms with Crippen LogP contribution in [0.25, 0.3) is 0 Å². The van der Waals surface area contributed by atoms with E-state index < -0.39 is 5.97 Å². The lowest BCUT2D eigenvalue weighted by atomic mass is 10.4. The molecule has 0 saturated carbocycles. The van der Waals surface area contributed by atoms with Crippen LogP contribution in [0, 0.1) is 0 Å². The van der Waals surface area contributed by atoms with E-state index in [1.165, 1.54) is 0 Å².